The number of methoxy groups -OCH3 is 1. The van der Waals surface area contributed by atoms with E-state index in [-0.39, 0.29) is 37.3 Å². The second-order valence-corrected chi connectivity index (χ2v) is 5.58. The molecule has 0 fully saturated rings. The maximum atomic E-state index is 12.2. The Balaban J connectivity index is 0.00000338. The average molecular weight is 379 g/mol. The zero-order valence-corrected chi connectivity index (χ0v) is 15.5. The number of rotatable bonds is 7. The van der Waals surface area contributed by atoms with Gasteiger partial charge in [-0.05, 0) is 36.8 Å². The molecule has 2 aromatic carbocycles. The van der Waals surface area contributed by atoms with Crippen LogP contribution in [0.2, 0.25) is 0 Å². The fraction of sp³-hybridized carbons (Fsp3) is 0.263. The molecule has 0 spiro atoms. The summed E-state index contributed by atoms with van der Waals surface area (Å²) in [7, 11) is 1.33. The molecule has 3 N–H and O–H groups in total. The van der Waals surface area contributed by atoms with E-state index >= 15 is 0 Å². The first-order valence-electron chi connectivity index (χ1n) is 7.92. The number of carbonyl (C=O) groups is 2. The van der Waals surface area contributed by atoms with Crippen LogP contribution in [0, 0.1) is 6.92 Å². The summed E-state index contributed by atoms with van der Waals surface area (Å²) in [5, 5.41) is 2.77. The van der Waals surface area contributed by atoms with Crippen molar-refractivity contribution in [2.24, 2.45) is 5.73 Å². The molecule has 0 aliphatic rings. The molecule has 6 nitrogen and oxygen atoms in total. The van der Waals surface area contributed by atoms with Gasteiger partial charge in [0.15, 0.2) is 0 Å². The van der Waals surface area contributed by atoms with Gasteiger partial charge in [0.1, 0.15) is 11.8 Å². The van der Waals surface area contributed by atoms with Crippen LogP contribution in [0.15, 0.2) is 48.5 Å². The Labute approximate surface area is 159 Å². The van der Waals surface area contributed by atoms with Gasteiger partial charge in [-0.25, -0.2) is 0 Å². The maximum absolute atomic E-state index is 12.2. The minimum atomic E-state index is -0.739. The molecule has 0 bridgehead atoms. The largest absolute Gasteiger partial charge is 0.493 e. The van der Waals surface area contributed by atoms with Crippen molar-refractivity contribution in [2.75, 3.05) is 19.0 Å². The molecule has 26 heavy (non-hydrogen) atoms. The van der Waals surface area contributed by atoms with Gasteiger partial charge in [0, 0.05) is 5.69 Å². The van der Waals surface area contributed by atoms with Crippen LogP contribution in [-0.4, -0.2) is 25.6 Å². The molecular weight excluding hydrogens is 356 g/mol. The Morgan fingerprint density at radius 1 is 1.08 bits per heavy atom. The highest BCUT2D eigenvalue weighted by Crippen LogP contribution is 2.18. The van der Waals surface area contributed by atoms with Crippen molar-refractivity contribution in [3.8, 4) is 5.75 Å². The molecule has 1 amide bonds. The molecule has 0 heterocycles. The standard InChI is InChI=1S/C19H22N2O4.ClH/c1-13-3-5-14(6-4-13)18(20)19(23)21-15-7-9-16(10-8-15)25-12-11-17(22)24-2;/h3-10,18H,11-12,20H2,1-2H3,(H,21,23);1H. The Hall–Kier alpha value is -2.57. The van der Waals surface area contributed by atoms with E-state index in [1.165, 1.54) is 7.11 Å². The number of ether oxygens (including phenoxy) is 2. The highest BCUT2D eigenvalue weighted by molar-refractivity contribution is 5.95. The van der Waals surface area contributed by atoms with E-state index in [9.17, 15) is 9.59 Å². The molecule has 140 valence electrons. The molecule has 0 radical (unpaired) electrons. The molecule has 1 atom stereocenters. The monoisotopic (exact) mass is 378 g/mol. The summed E-state index contributed by atoms with van der Waals surface area (Å²) in [6.45, 7) is 2.21. The fourth-order valence-corrected chi connectivity index (χ4v) is 2.13. The van der Waals surface area contributed by atoms with E-state index in [1.54, 1.807) is 24.3 Å². The fourth-order valence-electron chi connectivity index (χ4n) is 2.13. The third-order valence-corrected chi connectivity index (χ3v) is 3.64. The molecular formula is C19H23ClN2O4. The molecule has 0 aliphatic carbocycles. The van der Waals surface area contributed by atoms with Gasteiger partial charge < -0.3 is 20.5 Å². The van der Waals surface area contributed by atoms with Gasteiger partial charge in [-0.3, -0.25) is 9.59 Å². The summed E-state index contributed by atoms with van der Waals surface area (Å²) >= 11 is 0. The zero-order chi connectivity index (χ0) is 18.2. The van der Waals surface area contributed by atoms with Gasteiger partial charge in [-0.1, -0.05) is 29.8 Å². The highest BCUT2D eigenvalue weighted by atomic mass is 35.5. The Morgan fingerprint density at radius 2 is 1.69 bits per heavy atom. The summed E-state index contributed by atoms with van der Waals surface area (Å²) in [6.07, 6.45) is 0.181. The van der Waals surface area contributed by atoms with Gasteiger partial charge in [0.05, 0.1) is 20.1 Å². The zero-order valence-electron chi connectivity index (χ0n) is 14.7. The Bertz CT molecular complexity index is 717. The first kappa shape index (κ1) is 21.5. The number of nitrogens with two attached hydrogens (primary N) is 1. The maximum Gasteiger partial charge on any atom is 0.308 e. The number of hydrogen-bond acceptors (Lipinski definition) is 5. The van der Waals surface area contributed by atoms with E-state index < -0.39 is 6.04 Å². The van der Waals surface area contributed by atoms with Gasteiger partial charge in [0.2, 0.25) is 5.91 Å². The molecule has 0 saturated heterocycles. The summed E-state index contributed by atoms with van der Waals surface area (Å²) in [6, 6.07) is 13.6. The van der Waals surface area contributed by atoms with Crippen LogP contribution >= 0.6 is 12.4 Å². The minimum absolute atomic E-state index is 0. The number of carbonyl (C=O) groups excluding carboxylic acids is 2. The van der Waals surface area contributed by atoms with Gasteiger partial charge in [0.25, 0.3) is 0 Å². The van der Waals surface area contributed by atoms with Crippen molar-refractivity contribution in [2.45, 2.75) is 19.4 Å². The predicted molar refractivity (Wildman–Crippen MR) is 103 cm³/mol. The summed E-state index contributed by atoms with van der Waals surface area (Å²) in [5.41, 5.74) is 8.48. The SMILES string of the molecule is COC(=O)CCOc1ccc(NC(=O)C(N)c2ccc(C)cc2)cc1.Cl. The van der Waals surface area contributed by atoms with E-state index in [4.69, 9.17) is 10.5 Å². The van der Waals surface area contributed by atoms with Crippen LogP contribution < -0.4 is 15.8 Å². The number of nitrogens with one attached hydrogen (secondary N) is 1. The first-order valence-corrected chi connectivity index (χ1v) is 7.92. The topological polar surface area (TPSA) is 90.6 Å². The number of benzene rings is 2. The van der Waals surface area contributed by atoms with Gasteiger partial charge in [-0.15, -0.1) is 12.4 Å². The van der Waals surface area contributed by atoms with Crippen molar-refractivity contribution in [3.63, 3.8) is 0 Å². The van der Waals surface area contributed by atoms with Crippen molar-refractivity contribution in [3.05, 3.63) is 59.7 Å². The summed E-state index contributed by atoms with van der Waals surface area (Å²) in [4.78, 5) is 23.3. The van der Waals surface area contributed by atoms with E-state index in [0.29, 0.717) is 11.4 Å². The summed E-state index contributed by atoms with van der Waals surface area (Å²) < 4.78 is 9.97. The van der Waals surface area contributed by atoms with Crippen LogP contribution in [0.25, 0.3) is 0 Å². The van der Waals surface area contributed by atoms with E-state index in [1.807, 2.05) is 31.2 Å². The van der Waals surface area contributed by atoms with E-state index in [0.717, 1.165) is 11.1 Å². The number of anilines is 1. The minimum Gasteiger partial charge on any atom is -0.493 e. The van der Waals surface area contributed by atoms with Crippen molar-refractivity contribution in [1.82, 2.24) is 0 Å². The molecule has 2 rings (SSSR count). The van der Waals surface area contributed by atoms with Crippen LogP contribution in [0.5, 0.6) is 5.75 Å². The average Bonchev–Trinajstić information content (AvgIpc) is 2.63. The lowest BCUT2D eigenvalue weighted by Gasteiger charge is -2.13. The molecule has 0 saturated carbocycles. The van der Waals surface area contributed by atoms with Crippen LogP contribution in [0.1, 0.15) is 23.6 Å². The molecule has 0 aliphatic heterocycles. The predicted octanol–water partition coefficient (Wildman–Crippen LogP) is 3.00. The molecule has 7 heteroatoms. The Kier molecular flexibility index (Phi) is 8.61. The van der Waals surface area contributed by atoms with Crippen molar-refractivity contribution in [1.29, 1.82) is 0 Å². The lowest BCUT2D eigenvalue weighted by atomic mass is 10.1. The smallest absolute Gasteiger partial charge is 0.308 e. The van der Waals surface area contributed by atoms with Crippen LogP contribution in [-0.2, 0) is 14.3 Å². The highest BCUT2D eigenvalue weighted by Gasteiger charge is 2.15. The van der Waals surface area contributed by atoms with E-state index in [2.05, 4.69) is 10.1 Å². The quantitative estimate of drug-likeness (QED) is 0.723. The second kappa shape index (κ2) is 10.4. The third kappa shape index (κ3) is 6.38. The number of hydrogen-bond donors (Lipinski definition) is 2. The number of amides is 1. The number of esters is 1. The normalized spacial score (nSPS) is 11.0. The molecule has 2 aromatic rings. The number of aryl methyl sites for hydroxylation is 1. The lowest BCUT2D eigenvalue weighted by Crippen LogP contribution is -2.27. The lowest BCUT2D eigenvalue weighted by molar-refractivity contribution is -0.141. The van der Waals surface area contributed by atoms with Gasteiger partial charge >= 0.3 is 5.97 Å². The number of halogens is 1. The van der Waals surface area contributed by atoms with Crippen LogP contribution in [0.3, 0.4) is 0 Å². The van der Waals surface area contributed by atoms with Gasteiger partial charge in [-0.2, -0.15) is 0 Å². The molecule has 0 aromatic heterocycles. The second-order valence-electron chi connectivity index (χ2n) is 5.58. The van der Waals surface area contributed by atoms with Crippen molar-refractivity contribution < 1.29 is 19.1 Å². The molecule has 1 unspecified atom stereocenters. The Morgan fingerprint density at radius 3 is 2.27 bits per heavy atom. The van der Waals surface area contributed by atoms with Crippen molar-refractivity contribution >= 4 is 30.0 Å². The first-order chi connectivity index (χ1) is 12.0. The third-order valence-electron chi connectivity index (χ3n) is 3.64. The summed E-state index contributed by atoms with van der Waals surface area (Å²) in [5.74, 6) is -0.0121. The van der Waals surface area contributed by atoms with Crippen LogP contribution in [0.4, 0.5) is 5.69 Å².